The number of nitrogen functional groups attached to an aromatic ring is 1. The molecule has 1 saturated heterocycles. The fourth-order valence-electron chi connectivity index (χ4n) is 2.33. The number of ether oxygens (including phenoxy) is 1. The van der Waals surface area contributed by atoms with Crippen molar-refractivity contribution in [3.05, 3.63) is 29.5 Å². The number of rotatable bonds is 5. The smallest absolute Gasteiger partial charge is 0.328 e. The van der Waals surface area contributed by atoms with E-state index in [0.29, 0.717) is 38.4 Å². The number of hydrazine groups is 1. The number of carboxylic acid groups (broad SMARTS) is 1. The Balaban J connectivity index is 0.00000288. The number of carbonyl (C=O) groups is 2. The van der Waals surface area contributed by atoms with Crippen molar-refractivity contribution in [3.8, 4) is 0 Å². The summed E-state index contributed by atoms with van der Waals surface area (Å²) in [5, 5.41) is 12.2. The number of nitrogens with zero attached hydrogens (tertiary/aromatic N) is 3. The summed E-state index contributed by atoms with van der Waals surface area (Å²) >= 11 is 0. The number of hydrogen-bond acceptors (Lipinski definition) is 6. The lowest BCUT2D eigenvalue weighted by Gasteiger charge is -2.36. The number of hydrogen-bond donors (Lipinski definition) is 2. The first-order chi connectivity index (χ1) is 11.0. The van der Waals surface area contributed by atoms with Gasteiger partial charge in [-0.15, -0.1) is 12.4 Å². The van der Waals surface area contributed by atoms with Crippen LogP contribution in [0.3, 0.4) is 0 Å². The van der Waals surface area contributed by atoms with E-state index < -0.39 is 5.97 Å². The molecule has 0 unspecified atom stereocenters. The number of morpholine rings is 1. The molecule has 0 radical (unpaired) electrons. The molecule has 9 heteroatoms. The predicted molar refractivity (Wildman–Crippen MR) is 91.7 cm³/mol. The number of carbonyl (C=O) groups excluding carboxylic acids is 1. The summed E-state index contributed by atoms with van der Waals surface area (Å²) in [6.45, 7) is 4.77. The molecule has 0 aliphatic carbocycles. The molecule has 0 saturated carbocycles. The highest BCUT2D eigenvalue weighted by molar-refractivity contribution is 5.98. The van der Waals surface area contributed by atoms with Crippen molar-refractivity contribution in [2.45, 2.75) is 6.92 Å². The molecule has 1 fully saturated rings. The fraction of sp³-hybridized carbons (Fsp3) is 0.400. The van der Waals surface area contributed by atoms with Gasteiger partial charge in [-0.1, -0.05) is 0 Å². The highest BCUT2D eigenvalue weighted by Crippen LogP contribution is 2.17. The Hall–Kier alpha value is -2.16. The van der Waals surface area contributed by atoms with Gasteiger partial charge in [-0.2, -0.15) is 0 Å². The van der Waals surface area contributed by atoms with Crippen molar-refractivity contribution in [2.75, 3.05) is 38.6 Å². The molecule has 0 spiro atoms. The SMILES string of the molecule is CCN(C(=O)c1cc(C=CC(=O)O)cnc1N)N1CCOCC1.Cl. The average molecular weight is 357 g/mol. The number of pyridine rings is 1. The molecule has 132 valence electrons. The van der Waals surface area contributed by atoms with Gasteiger partial charge < -0.3 is 15.6 Å². The van der Waals surface area contributed by atoms with Crippen molar-refractivity contribution in [1.82, 2.24) is 15.0 Å². The molecule has 1 aromatic rings. The zero-order chi connectivity index (χ0) is 16.8. The van der Waals surface area contributed by atoms with E-state index in [1.54, 1.807) is 11.1 Å². The van der Waals surface area contributed by atoms with Gasteiger partial charge >= 0.3 is 5.97 Å². The van der Waals surface area contributed by atoms with Crippen LogP contribution in [0.2, 0.25) is 0 Å². The Kier molecular flexibility index (Phi) is 7.63. The fourth-order valence-corrected chi connectivity index (χ4v) is 2.33. The molecule has 24 heavy (non-hydrogen) atoms. The van der Waals surface area contributed by atoms with Gasteiger partial charge in [-0.25, -0.2) is 14.8 Å². The quantitative estimate of drug-likeness (QED) is 0.754. The number of amides is 1. The molecule has 8 nitrogen and oxygen atoms in total. The standard InChI is InChI=1S/C15H20N4O4.ClH/c1-2-19(18-5-7-23-8-6-18)15(22)12-9-11(3-4-13(20)21)10-17-14(12)16;/h3-4,9-10H,2,5-8H2,1H3,(H2,16,17)(H,20,21);1H. The van der Waals surface area contributed by atoms with E-state index in [0.717, 1.165) is 6.08 Å². The maximum Gasteiger partial charge on any atom is 0.328 e. The Morgan fingerprint density at radius 3 is 2.71 bits per heavy atom. The van der Waals surface area contributed by atoms with E-state index in [1.807, 2.05) is 11.9 Å². The van der Waals surface area contributed by atoms with E-state index in [-0.39, 0.29) is 29.7 Å². The van der Waals surface area contributed by atoms with E-state index in [1.165, 1.54) is 12.3 Å². The van der Waals surface area contributed by atoms with Crippen LogP contribution in [0.1, 0.15) is 22.8 Å². The molecule has 0 atom stereocenters. The number of carboxylic acids is 1. The van der Waals surface area contributed by atoms with Gasteiger partial charge in [-0.3, -0.25) is 9.80 Å². The van der Waals surface area contributed by atoms with Crippen LogP contribution in [0.15, 0.2) is 18.3 Å². The second-order valence-corrected chi connectivity index (χ2v) is 4.96. The van der Waals surface area contributed by atoms with Crippen LogP contribution in [0.5, 0.6) is 0 Å². The molecule has 0 bridgehead atoms. The molecule has 0 aromatic carbocycles. The van der Waals surface area contributed by atoms with Gasteiger partial charge in [0.15, 0.2) is 0 Å². The molecule has 1 aromatic heterocycles. The van der Waals surface area contributed by atoms with Crippen molar-refractivity contribution in [2.24, 2.45) is 0 Å². The Morgan fingerprint density at radius 2 is 2.12 bits per heavy atom. The topological polar surface area (TPSA) is 109 Å². The van der Waals surface area contributed by atoms with E-state index in [4.69, 9.17) is 15.6 Å². The number of anilines is 1. The van der Waals surface area contributed by atoms with Crippen LogP contribution in [-0.4, -0.2) is 64.8 Å². The van der Waals surface area contributed by atoms with Gasteiger partial charge in [0, 0.05) is 31.9 Å². The van der Waals surface area contributed by atoms with Crippen LogP contribution in [0, 0.1) is 0 Å². The first-order valence-corrected chi connectivity index (χ1v) is 7.34. The molecular weight excluding hydrogens is 336 g/mol. The summed E-state index contributed by atoms with van der Waals surface area (Å²) in [5.41, 5.74) is 6.58. The lowest BCUT2D eigenvalue weighted by molar-refractivity contribution is -0.131. The van der Waals surface area contributed by atoms with E-state index >= 15 is 0 Å². The zero-order valence-corrected chi connectivity index (χ0v) is 14.2. The molecule has 1 aliphatic heterocycles. The molecule has 2 heterocycles. The average Bonchev–Trinajstić information content (AvgIpc) is 2.55. The van der Waals surface area contributed by atoms with E-state index in [2.05, 4.69) is 4.98 Å². The van der Waals surface area contributed by atoms with Crippen molar-refractivity contribution < 1.29 is 19.4 Å². The lowest BCUT2D eigenvalue weighted by Crippen LogP contribution is -2.51. The first-order valence-electron chi connectivity index (χ1n) is 7.34. The Labute approximate surface area is 146 Å². The van der Waals surface area contributed by atoms with Gasteiger partial charge in [-0.05, 0) is 24.6 Å². The van der Waals surface area contributed by atoms with Crippen LogP contribution in [-0.2, 0) is 9.53 Å². The predicted octanol–water partition coefficient (Wildman–Crippen LogP) is 0.893. The minimum Gasteiger partial charge on any atom is -0.478 e. The number of aromatic nitrogens is 1. The third-order valence-corrected chi connectivity index (χ3v) is 3.45. The summed E-state index contributed by atoms with van der Waals surface area (Å²) in [5.74, 6) is -1.21. The maximum absolute atomic E-state index is 12.8. The zero-order valence-electron chi connectivity index (χ0n) is 13.3. The lowest BCUT2D eigenvalue weighted by atomic mass is 10.1. The monoisotopic (exact) mass is 356 g/mol. The summed E-state index contributed by atoms with van der Waals surface area (Å²) in [7, 11) is 0. The van der Waals surface area contributed by atoms with Gasteiger partial charge in [0.25, 0.3) is 5.91 Å². The molecule has 1 aliphatic rings. The summed E-state index contributed by atoms with van der Waals surface area (Å²) < 4.78 is 5.30. The van der Waals surface area contributed by atoms with Crippen molar-refractivity contribution in [1.29, 1.82) is 0 Å². The number of aliphatic carboxylic acids is 1. The van der Waals surface area contributed by atoms with Gasteiger partial charge in [0.05, 0.1) is 18.8 Å². The second-order valence-electron chi connectivity index (χ2n) is 4.96. The normalized spacial score (nSPS) is 15.0. The van der Waals surface area contributed by atoms with Crippen LogP contribution < -0.4 is 5.73 Å². The van der Waals surface area contributed by atoms with Crippen LogP contribution in [0.25, 0.3) is 6.08 Å². The molecular formula is C15H21ClN4O4. The highest BCUT2D eigenvalue weighted by Gasteiger charge is 2.25. The Bertz CT molecular complexity index is 617. The minimum atomic E-state index is -1.07. The number of nitrogens with two attached hydrogens (primary N) is 1. The summed E-state index contributed by atoms with van der Waals surface area (Å²) in [6, 6.07) is 1.55. The van der Waals surface area contributed by atoms with Gasteiger partial charge in [0.1, 0.15) is 5.82 Å². The summed E-state index contributed by atoms with van der Waals surface area (Å²) in [4.78, 5) is 27.3. The third-order valence-electron chi connectivity index (χ3n) is 3.45. The first kappa shape index (κ1) is 19.9. The summed E-state index contributed by atoms with van der Waals surface area (Å²) in [6.07, 6.45) is 3.79. The number of halogens is 1. The van der Waals surface area contributed by atoms with Crippen LogP contribution in [0.4, 0.5) is 5.82 Å². The van der Waals surface area contributed by atoms with Gasteiger partial charge in [0.2, 0.25) is 0 Å². The van der Waals surface area contributed by atoms with Crippen molar-refractivity contribution in [3.63, 3.8) is 0 Å². The molecule has 3 N–H and O–H groups in total. The van der Waals surface area contributed by atoms with Crippen molar-refractivity contribution >= 4 is 36.2 Å². The maximum atomic E-state index is 12.8. The second kappa shape index (κ2) is 9.21. The minimum absolute atomic E-state index is 0. The Morgan fingerprint density at radius 1 is 1.46 bits per heavy atom. The highest BCUT2D eigenvalue weighted by atomic mass is 35.5. The molecule has 1 amide bonds. The van der Waals surface area contributed by atoms with Crippen LogP contribution >= 0.6 is 12.4 Å². The largest absolute Gasteiger partial charge is 0.478 e. The van der Waals surface area contributed by atoms with E-state index in [9.17, 15) is 9.59 Å². The third kappa shape index (κ3) is 4.92. The molecule has 2 rings (SSSR count).